The third-order valence-electron chi connectivity index (χ3n) is 5.99. The van der Waals surface area contributed by atoms with Crippen molar-refractivity contribution in [1.29, 1.82) is 0 Å². The predicted molar refractivity (Wildman–Crippen MR) is 123 cm³/mol. The Kier molecular flexibility index (Phi) is 5.29. The van der Waals surface area contributed by atoms with Crippen LogP contribution >= 0.6 is 11.3 Å². The Balaban J connectivity index is 1.27. The first-order chi connectivity index (χ1) is 14.7. The molecule has 5 rings (SSSR count). The Morgan fingerprint density at radius 1 is 0.900 bits per heavy atom. The molecule has 6 nitrogen and oxygen atoms in total. The predicted octanol–water partition coefficient (Wildman–Crippen LogP) is 3.95. The van der Waals surface area contributed by atoms with Gasteiger partial charge < -0.3 is 14.7 Å². The molecule has 2 fully saturated rings. The van der Waals surface area contributed by atoms with Gasteiger partial charge in [0, 0.05) is 55.7 Å². The molecule has 0 spiro atoms. The molecule has 0 unspecified atom stereocenters. The van der Waals surface area contributed by atoms with Gasteiger partial charge in [0.05, 0.1) is 4.88 Å². The first-order valence-corrected chi connectivity index (χ1v) is 11.6. The van der Waals surface area contributed by atoms with Crippen molar-refractivity contribution in [2.45, 2.75) is 26.2 Å². The van der Waals surface area contributed by atoms with Gasteiger partial charge in [-0.1, -0.05) is 18.2 Å². The van der Waals surface area contributed by atoms with Crippen LogP contribution in [0.25, 0.3) is 10.1 Å². The number of piperidine rings is 1. The molecule has 0 saturated carbocycles. The molecule has 0 atom stereocenters. The first-order valence-electron chi connectivity index (χ1n) is 10.8. The number of thiophene rings is 1. The summed E-state index contributed by atoms with van der Waals surface area (Å²) in [4.78, 5) is 30.0. The number of nitrogens with zero attached hydrogens (tertiary/aromatic N) is 5. The van der Waals surface area contributed by atoms with Crippen molar-refractivity contribution in [2.75, 3.05) is 49.1 Å². The lowest BCUT2D eigenvalue weighted by Gasteiger charge is -2.36. The summed E-state index contributed by atoms with van der Waals surface area (Å²) in [6.07, 6.45) is 3.72. The molecule has 4 heterocycles. The van der Waals surface area contributed by atoms with Crippen LogP contribution < -0.4 is 9.80 Å². The van der Waals surface area contributed by atoms with Crippen LogP contribution in [0.5, 0.6) is 0 Å². The molecular weight excluding hydrogens is 394 g/mol. The molecule has 0 radical (unpaired) electrons. The Morgan fingerprint density at radius 3 is 2.43 bits per heavy atom. The van der Waals surface area contributed by atoms with E-state index in [1.54, 1.807) is 11.3 Å². The molecule has 7 heteroatoms. The molecule has 2 aliphatic rings. The zero-order chi connectivity index (χ0) is 20.5. The van der Waals surface area contributed by atoms with E-state index in [0.717, 1.165) is 67.0 Å². The minimum Gasteiger partial charge on any atom is -0.353 e. The maximum atomic E-state index is 13.0. The van der Waals surface area contributed by atoms with Crippen molar-refractivity contribution >= 4 is 39.1 Å². The van der Waals surface area contributed by atoms with Gasteiger partial charge in [0.15, 0.2) is 0 Å². The molecule has 0 aliphatic carbocycles. The van der Waals surface area contributed by atoms with Crippen molar-refractivity contribution in [3.05, 3.63) is 47.0 Å². The SMILES string of the molecule is Cc1cc(N2CCN(C(=O)c3cc4ccccc4s3)CC2)nc(N2CCCCC2)n1. The van der Waals surface area contributed by atoms with Gasteiger partial charge >= 0.3 is 0 Å². The van der Waals surface area contributed by atoms with E-state index in [9.17, 15) is 4.79 Å². The molecular formula is C23H27N5OS. The van der Waals surface area contributed by atoms with Crippen LogP contribution in [0.1, 0.15) is 34.6 Å². The highest BCUT2D eigenvalue weighted by atomic mass is 32.1. The van der Waals surface area contributed by atoms with E-state index in [0.29, 0.717) is 0 Å². The number of fused-ring (bicyclic) bond motifs is 1. The van der Waals surface area contributed by atoms with E-state index < -0.39 is 0 Å². The summed E-state index contributed by atoms with van der Waals surface area (Å²) < 4.78 is 1.17. The number of piperazine rings is 1. The van der Waals surface area contributed by atoms with Crippen molar-refractivity contribution in [1.82, 2.24) is 14.9 Å². The summed E-state index contributed by atoms with van der Waals surface area (Å²) in [7, 11) is 0. The quantitative estimate of drug-likeness (QED) is 0.641. The molecule has 156 valence electrons. The first kappa shape index (κ1) is 19.3. The van der Waals surface area contributed by atoms with Crippen LogP contribution in [0.4, 0.5) is 11.8 Å². The lowest BCUT2D eigenvalue weighted by molar-refractivity contribution is 0.0751. The molecule has 2 aromatic heterocycles. The Hall–Kier alpha value is -2.67. The zero-order valence-electron chi connectivity index (χ0n) is 17.4. The Labute approximate surface area is 181 Å². The van der Waals surface area contributed by atoms with Gasteiger partial charge in [-0.2, -0.15) is 4.98 Å². The summed E-state index contributed by atoms with van der Waals surface area (Å²) in [6.45, 7) is 7.16. The molecule has 30 heavy (non-hydrogen) atoms. The third-order valence-corrected chi connectivity index (χ3v) is 7.10. The van der Waals surface area contributed by atoms with Crippen LogP contribution in [0.15, 0.2) is 36.4 Å². The fourth-order valence-electron chi connectivity index (χ4n) is 4.32. The number of hydrogen-bond donors (Lipinski definition) is 0. The maximum absolute atomic E-state index is 13.0. The number of carbonyl (C=O) groups is 1. The minimum atomic E-state index is 0.142. The summed E-state index contributed by atoms with van der Waals surface area (Å²) in [5.74, 6) is 1.98. The van der Waals surface area contributed by atoms with E-state index in [1.165, 1.54) is 24.0 Å². The fourth-order valence-corrected chi connectivity index (χ4v) is 5.35. The number of aryl methyl sites for hydroxylation is 1. The van der Waals surface area contributed by atoms with E-state index in [-0.39, 0.29) is 5.91 Å². The van der Waals surface area contributed by atoms with Gasteiger partial charge in [-0.05, 0) is 43.7 Å². The molecule has 3 aromatic rings. The summed E-state index contributed by atoms with van der Waals surface area (Å²) in [5.41, 5.74) is 1.00. The van der Waals surface area contributed by atoms with Crippen LogP contribution in [0, 0.1) is 6.92 Å². The number of hydrogen-bond acceptors (Lipinski definition) is 6. The fraction of sp³-hybridized carbons (Fsp3) is 0.435. The van der Waals surface area contributed by atoms with E-state index >= 15 is 0 Å². The number of amides is 1. The van der Waals surface area contributed by atoms with Gasteiger partial charge in [0.2, 0.25) is 5.95 Å². The van der Waals surface area contributed by atoms with Gasteiger partial charge in [-0.3, -0.25) is 4.79 Å². The summed E-state index contributed by atoms with van der Waals surface area (Å²) in [5, 5.41) is 1.14. The largest absolute Gasteiger partial charge is 0.353 e. The molecule has 1 aromatic carbocycles. The van der Waals surface area contributed by atoms with Gasteiger partial charge in [-0.15, -0.1) is 11.3 Å². The molecule has 0 N–H and O–H groups in total. The van der Waals surface area contributed by atoms with E-state index in [1.807, 2.05) is 30.0 Å². The highest BCUT2D eigenvalue weighted by Crippen LogP contribution is 2.27. The lowest BCUT2D eigenvalue weighted by Crippen LogP contribution is -2.49. The molecule has 2 saturated heterocycles. The lowest BCUT2D eigenvalue weighted by atomic mass is 10.1. The number of carbonyl (C=O) groups excluding carboxylic acids is 1. The highest BCUT2D eigenvalue weighted by Gasteiger charge is 2.25. The van der Waals surface area contributed by atoms with Crippen LogP contribution in [-0.4, -0.2) is 60.0 Å². The van der Waals surface area contributed by atoms with Crippen molar-refractivity contribution in [2.24, 2.45) is 0 Å². The number of anilines is 2. The second-order valence-corrected chi connectivity index (χ2v) is 9.23. The average Bonchev–Trinajstić information content (AvgIpc) is 3.23. The maximum Gasteiger partial charge on any atom is 0.264 e. The second kappa shape index (κ2) is 8.22. The normalized spacial score (nSPS) is 17.6. The van der Waals surface area contributed by atoms with Crippen LogP contribution in [-0.2, 0) is 0 Å². The van der Waals surface area contributed by atoms with Crippen molar-refractivity contribution < 1.29 is 4.79 Å². The standard InChI is InChI=1S/C23H27N5OS/c1-17-15-21(25-23(24-17)28-9-5-2-6-10-28)26-11-13-27(14-12-26)22(29)20-16-18-7-3-4-8-19(18)30-20/h3-4,7-8,15-16H,2,5-6,9-14H2,1H3. The number of aromatic nitrogens is 2. The molecule has 1 amide bonds. The van der Waals surface area contributed by atoms with E-state index in [4.69, 9.17) is 4.98 Å². The van der Waals surface area contributed by atoms with Gasteiger partial charge in [-0.25, -0.2) is 4.98 Å². The average molecular weight is 422 g/mol. The van der Waals surface area contributed by atoms with Crippen LogP contribution in [0.2, 0.25) is 0 Å². The smallest absolute Gasteiger partial charge is 0.264 e. The third kappa shape index (κ3) is 3.86. The van der Waals surface area contributed by atoms with Gasteiger partial charge in [0.1, 0.15) is 5.82 Å². The summed E-state index contributed by atoms with van der Waals surface area (Å²) >= 11 is 1.58. The number of rotatable bonds is 3. The Bertz CT molecular complexity index is 1020. The topological polar surface area (TPSA) is 52.6 Å². The molecule has 2 aliphatic heterocycles. The van der Waals surface area contributed by atoms with Crippen LogP contribution in [0.3, 0.4) is 0 Å². The van der Waals surface area contributed by atoms with Gasteiger partial charge in [0.25, 0.3) is 5.91 Å². The highest BCUT2D eigenvalue weighted by molar-refractivity contribution is 7.20. The van der Waals surface area contributed by atoms with Crippen molar-refractivity contribution in [3.63, 3.8) is 0 Å². The molecule has 0 bridgehead atoms. The summed E-state index contributed by atoms with van der Waals surface area (Å²) in [6, 6.07) is 12.3. The second-order valence-electron chi connectivity index (χ2n) is 8.14. The van der Waals surface area contributed by atoms with Crippen molar-refractivity contribution in [3.8, 4) is 0 Å². The monoisotopic (exact) mass is 421 g/mol. The minimum absolute atomic E-state index is 0.142. The Morgan fingerprint density at radius 2 is 1.67 bits per heavy atom. The zero-order valence-corrected chi connectivity index (χ0v) is 18.2. The van der Waals surface area contributed by atoms with E-state index in [2.05, 4.69) is 33.0 Å². The number of benzene rings is 1.